The zero-order valence-electron chi connectivity index (χ0n) is 10.5. The number of ether oxygens (including phenoxy) is 3. The Labute approximate surface area is 105 Å². The Morgan fingerprint density at radius 2 is 2.06 bits per heavy atom. The van der Waals surface area contributed by atoms with E-state index in [2.05, 4.69) is 4.74 Å². The summed E-state index contributed by atoms with van der Waals surface area (Å²) in [5, 5.41) is 0. The third-order valence-electron chi connectivity index (χ3n) is 2.89. The molecule has 0 radical (unpaired) electrons. The lowest BCUT2D eigenvalue weighted by Gasteiger charge is -2.10. The number of esters is 1. The Morgan fingerprint density at radius 1 is 1.33 bits per heavy atom. The van der Waals surface area contributed by atoms with E-state index in [1.165, 1.54) is 21.1 Å². The van der Waals surface area contributed by atoms with Crippen LogP contribution in [-0.2, 0) is 16.0 Å². The topological polar surface area (TPSA) is 61.8 Å². The number of ketones is 1. The van der Waals surface area contributed by atoms with Crippen molar-refractivity contribution >= 4 is 11.8 Å². The lowest BCUT2D eigenvalue weighted by atomic mass is 10.0. The van der Waals surface area contributed by atoms with Gasteiger partial charge >= 0.3 is 5.97 Å². The molecule has 2 rings (SSSR count). The van der Waals surface area contributed by atoms with E-state index in [0.717, 1.165) is 5.56 Å². The Bertz CT molecular complexity index is 506. The van der Waals surface area contributed by atoms with Crippen LogP contribution in [-0.4, -0.2) is 32.1 Å². The third-order valence-corrected chi connectivity index (χ3v) is 2.89. The summed E-state index contributed by atoms with van der Waals surface area (Å²) in [7, 11) is 2.80. The molecule has 0 aromatic heterocycles. The Kier molecular flexibility index (Phi) is 3.23. The Hall–Kier alpha value is -2.04. The predicted octanol–water partition coefficient (Wildman–Crippen LogP) is 1.37. The van der Waals surface area contributed by atoms with E-state index in [0.29, 0.717) is 23.5 Å². The molecule has 96 valence electrons. The maximum atomic E-state index is 11.5. The molecule has 0 amide bonds. The van der Waals surface area contributed by atoms with Gasteiger partial charge in [0.15, 0.2) is 23.4 Å². The number of rotatable bonds is 3. The maximum absolute atomic E-state index is 11.5. The van der Waals surface area contributed by atoms with Gasteiger partial charge in [0, 0.05) is 12.0 Å². The molecule has 1 unspecified atom stereocenters. The first-order valence-corrected chi connectivity index (χ1v) is 5.53. The summed E-state index contributed by atoms with van der Waals surface area (Å²) in [6.45, 7) is 1.48. The molecule has 5 nitrogen and oxygen atoms in total. The van der Waals surface area contributed by atoms with Crippen LogP contribution in [0.1, 0.15) is 22.8 Å². The van der Waals surface area contributed by atoms with Crippen molar-refractivity contribution < 1.29 is 23.8 Å². The molecule has 5 heteroatoms. The molecule has 1 heterocycles. The molecule has 0 aliphatic carbocycles. The second-order valence-corrected chi connectivity index (χ2v) is 4.08. The van der Waals surface area contributed by atoms with Gasteiger partial charge in [0.25, 0.3) is 0 Å². The molecule has 0 N–H and O–H groups in total. The van der Waals surface area contributed by atoms with Crippen molar-refractivity contribution in [3.8, 4) is 11.5 Å². The van der Waals surface area contributed by atoms with Crippen molar-refractivity contribution in [2.24, 2.45) is 0 Å². The largest absolute Gasteiger partial charge is 0.493 e. The van der Waals surface area contributed by atoms with Crippen LogP contribution in [0.4, 0.5) is 0 Å². The van der Waals surface area contributed by atoms with Crippen LogP contribution in [0.15, 0.2) is 12.1 Å². The molecular formula is C13H14O5. The summed E-state index contributed by atoms with van der Waals surface area (Å²) in [5.74, 6) is 0.484. The molecule has 0 fully saturated rings. The number of Topliss-reactive ketones (excluding diaryl/α,β-unsaturated/α-hetero) is 1. The molecule has 0 spiro atoms. The fourth-order valence-corrected chi connectivity index (χ4v) is 1.94. The van der Waals surface area contributed by atoms with Crippen LogP contribution in [0, 0.1) is 0 Å². The average molecular weight is 250 g/mol. The molecule has 1 aliphatic rings. The fourth-order valence-electron chi connectivity index (χ4n) is 1.94. The molecule has 0 saturated carbocycles. The zero-order valence-corrected chi connectivity index (χ0v) is 10.5. The minimum Gasteiger partial charge on any atom is -0.493 e. The average Bonchev–Trinajstić information content (AvgIpc) is 2.80. The SMILES string of the molecule is COC(=O)c1cc2c(c(OC)c1)OC(C(C)=O)C2. The van der Waals surface area contributed by atoms with E-state index >= 15 is 0 Å². The number of benzene rings is 1. The Balaban J connectivity index is 2.43. The van der Waals surface area contributed by atoms with Crippen molar-refractivity contribution in [3.05, 3.63) is 23.3 Å². The van der Waals surface area contributed by atoms with Gasteiger partial charge in [-0.1, -0.05) is 0 Å². The molecule has 1 aliphatic heterocycles. The minimum atomic E-state index is -0.498. The number of hydrogen-bond acceptors (Lipinski definition) is 5. The number of carbonyl (C=O) groups excluding carboxylic acids is 2. The molecule has 1 aromatic rings. The van der Waals surface area contributed by atoms with Crippen LogP contribution < -0.4 is 9.47 Å². The molecule has 0 bridgehead atoms. The summed E-state index contributed by atoms with van der Waals surface area (Å²) in [6, 6.07) is 3.22. The predicted molar refractivity (Wildman–Crippen MR) is 63.1 cm³/mol. The van der Waals surface area contributed by atoms with E-state index in [1.54, 1.807) is 12.1 Å². The summed E-state index contributed by atoms with van der Waals surface area (Å²) in [6.07, 6.45) is -0.0481. The highest BCUT2D eigenvalue weighted by Crippen LogP contribution is 2.39. The second-order valence-electron chi connectivity index (χ2n) is 4.08. The van der Waals surface area contributed by atoms with Crippen LogP contribution in [0.25, 0.3) is 0 Å². The highest BCUT2D eigenvalue weighted by molar-refractivity contribution is 5.91. The van der Waals surface area contributed by atoms with Gasteiger partial charge in [0.1, 0.15) is 0 Å². The first-order chi connectivity index (χ1) is 8.56. The van der Waals surface area contributed by atoms with Crippen LogP contribution >= 0.6 is 0 Å². The van der Waals surface area contributed by atoms with Crippen LogP contribution in [0.5, 0.6) is 11.5 Å². The van der Waals surface area contributed by atoms with Gasteiger partial charge in [-0.05, 0) is 19.1 Å². The van der Waals surface area contributed by atoms with Crippen molar-refractivity contribution in [2.75, 3.05) is 14.2 Å². The molecule has 18 heavy (non-hydrogen) atoms. The second kappa shape index (κ2) is 4.68. The molecule has 1 aromatic carbocycles. The Morgan fingerprint density at radius 3 is 2.61 bits per heavy atom. The number of hydrogen-bond donors (Lipinski definition) is 0. The van der Waals surface area contributed by atoms with Crippen molar-refractivity contribution in [2.45, 2.75) is 19.4 Å². The van der Waals surface area contributed by atoms with Crippen molar-refractivity contribution in [1.82, 2.24) is 0 Å². The summed E-state index contributed by atoms with van der Waals surface area (Å²) in [4.78, 5) is 22.8. The summed E-state index contributed by atoms with van der Waals surface area (Å²) >= 11 is 0. The standard InChI is InChI=1S/C13H14O5/c1-7(14)10-5-8-4-9(13(15)17-3)6-11(16-2)12(8)18-10/h4,6,10H,5H2,1-3H3. The number of carbonyl (C=O) groups is 2. The minimum absolute atomic E-state index is 0.0483. The van der Waals surface area contributed by atoms with Gasteiger partial charge in [0.2, 0.25) is 0 Å². The van der Waals surface area contributed by atoms with Crippen LogP contribution in [0.2, 0.25) is 0 Å². The number of fused-ring (bicyclic) bond motifs is 1. The lowest BCUT2D eigenvalue weighted by Crippen LogP contribution is -2.22. The van der Waals surface area contributed by atoms with E-state index < -0.39 is 12.1 Å². The highest BCUT2D eigenvalue weighted by atomic mass is 16.5. The molecular weight excluding hydrogens is 236 g/mol. The van der Waals surface area contributed by atoms with Gasteiger partial charge in [-0.3, -0.25) is 4.79 Å². The van der Waals surface area contributed by atoms with Crippen molar-refractivity contribution in [1.29, 1.82) is 0 Å². The van der Waals surface area contributed by atoms with Gasteiger partial charge in [-0.25, -0.2) is 4.79 Å². The monoisotopic (exact) mass is 250 g/mol. The number of methoxy groups -OCH3 is 2. The van der Waals surface area contributed by atoms with E-state index in [-0.39, 0.29) is 5.78 Å². The first-order valence-electron chi connectivity index (χ1n) is 5.53. The molecule has 0 saturated heterocycles. The smallest absolute Gasteiger partial charge is 0.337 e. The quantitative estimate of drug-likeness (QED) is 0.758. The fraction of sp³-hybridized carbons (Fsp3) is 0.385. The zero-order chi connectivity index (χ0) is 13.3. The summed E-state index contributed by atoms with van der Waals surface area (Å²) in [5.41, 5.74) is 1.18. The van der Waals surface area contributed by atoms with E-state index in [4.69, 9.17) is 9.47 Å². The van der Waals surface area contributed by atoms with Crippen LogP contribution in [0.3, 0.4) is 0 Å². The third kappa shape index (κ3) is 2.03. The van der Waals surface area contributed by atoms with Crippen molar-refractivity contribution in [3.63, 3.8) is 0 Å². The van der Waals surface area contributed by atoms with Gasteiger partial charge in [-0.2, -0.15) is 0 Å². The first kappa shape index (κ1) is 12.4. The lowest BCUT2D eigenvalue weighted by molar-refractivity contribution is -0.122. The van der Waals surface area contributed by atoms with E-state index in [9.17, 15) is 9.59 Å². The highest BCUT2D eigenvalue weighted by Gasteiger charge is 2.30. The van der Waals surface area contributed by atoms with Gasteiger partial charge < -0.3 is 14.2 Å². The van der Waals surface area contributed by atoms with Gasteiger partial charge in [0.05, 0.1) is 19.8 Å². The van der Waals surface area contributed by atoms with E-state index in [1.807, 2.05) is 0 Å². The normalized spacial score (nSPS) is 16.7. The maximum Gasteiger partial charge on any atom is 0.337 e. The molecule has 1 atom stereocenters. The summed E-state index contributed by atoms with van der Waals surface area (Å²) < 4.78 is 15.4. The van der Waals surface area contributed by atoms with Gasteiger partial charge in [-0.15, -0.1) is 0 Å².